The topological polar surface area (TPSA) is 40.5 Å². The first-order valence-corrected chi connectivity index (χ1v) is 8.02. The molecular formula is C15H5F19O2. The van der Waals surface area contributed by atoms with Gasteiger partial charge in [-0.3, -0.25) is 0 Å². The van der Waals surface area contributed by atoms with Gasteiger partial charge in [-0.05, 0) is 18.2 Å². The van der Waals surface area contributed by atoms with Gasteiger partial charge in [-0.15, -0.1) is 0 Å². The Labute approximate surface area is 183 Å². The van der Waals surface area contributed by atoms with Crippen LogP contribution < -0.4 is 0 Å². The highest BCUT2D eigenvalue weighted by Gasteiger charge is 2.76. The van der Waals surface area contributed by atoms with Gasteiger partial charge in [0.05, 0.1) is 0 Å². The van der Waals surface area contributed by atoms with Gasteiger partial charge in [0.15, 0.2) is 0 Å². The number of aliphatic hydroxyl groups is 2. The van der Waals surface area contributed by atoms with Crippen LogP contribution in [0.5, 0.6) is 0 Å². The number of hydrogen-bond donors (Lipinski definition) is 2. The fourth-order valence-corrected chi connectivity index (χ4v) is 2.27. The standard InChI is InChI=1S/C15H5F19O2/c16-7(17,10(22,23)13(26,27)28)4-1-5(8(18,19)11(24,35)14(29,30)31)3-6(2-4)9(20,21)12(25,36)15(32,33)34/h1-3,35-36H. The molecule has 0 aromatic heterocycles. The summed E-state index contributed by atoms with van der Waals surface area (Å²) in [6, 6.07) is -4.83. The predicted octanol–water partition coefficient (Wildman–Crippen LogP) is 6.60. The van der Waals surface area contributed by atoms with Gasteiger partial charge >= 0.3 is 53.9 Å². The molecule has 2 nitrogen and oxygen atoms in total. The Balaban J connectivity index is 4.21. The average molecular weight is 578 g/mol. The molecule has 0 saturated carbocycles. The van der Waals surface area contributed by atoms with Gasteiger partial charge in [-0.1, -0.05) is 0 Å². The second-order valence-electron chi connectivity index (χ2n) is 6.83. The molecule has 0 aliphatic rings. The van der Waals surface area contributed by atoms with Crippen molar-refractivity contribution in [3.8, 4) is 0 Å². The molecule has 21 heteroatoms. The van der Waals surface area contributed by atoms with Crippen LogP contribution in [0.2, 0.25) is 0 Å². The molecule has 2 unspecified atom stereocenters. The van der Waals surface area contributed by atoms with Crippen molar-refractivity contribution in [3.63, 3.8) is 0 Å². The number of hydrogen-bond acceptors (Lipinski definition) is 2. The molecule has 36 heavy (non-hydrogen) atoms. The van der Waals surface area contributed by atoms with Crippen LogP contribution in [0.25, 0.3) is 0 Å². The summed E-state index contributed by atoms with van der Waals surface area (Å²) in [5.41, 5.74) is -10.6. The largest absolute Gasteiger partial charge is 0.460 e. The number of alkyl halides is 19. The van der Waals surface area contributed by atoms with E-state index in [1.807, 2.05) is 0 Å². The van der Waals surface area contributed by atoms with E-state index >= 15 is 0 Å². The van der Waals surface area contributed by atoms with Crippen LogP contribution in [0.15, 0.2) is 18.2 Å². The van der Waals surface area contributed by atoms with Crippen LogP contribution in [-0.2, 0) is 17.8 Å². The molecule has 0 aliphatic carbocycles. The fraction of sp³-hybridized carbons (Fsp3) is 0.600. The van der Waals surface area contributed by atoms with Gasteiger partial charge in [0.1, 0.15) is 0 Å². The summed E-state index contributed by atoms with van der Waals surface area (Å²) in [5.74, 6) is -42.4. The number of rotatable bonds is 6. The van der Waals surface area contributed by atoms with Crippen LogP contribution in [0.3, 0.4) is 0 Å². The molecule has 0 bridgehead atoms. The van der Waals surface area contributed by atoms with E-state index in [9.17, 15) is 83.4 Å². The maximum Gasteiger partial charge on any atom is 0.460 e. The maximum atomic E-state index is 14.0. The van der Waals surface area contributed by atoms with Crippen molar-refractivity contribution in [2.45, 2.75) is 53.9 Å². The molecule has 1 rings (SSSR count). The zero-order chi connectivity index (χ0) is 29.4. The Bertz CT molecular complexity index is 830. The van der Waals surface area contributed by atoms with Gasteiger partial charge in [-0.2, -0.15) is 83.4 Å². The Morgan fingerprint density at radius 3 is 0.778 bits per heavy atom. The van der Waals surface area contributed by atoms with Crippen molar-refractivity contribution in [1.29, 1.82) is 0 Å². The molecule has 1 aromatic rings. The molecule has 0 amide bonds. The Morgan fingerprint density at radius 2 is 0.583 bits per heavy atom. The molecule has 210 valence electrons. The minimum absolute atomic E-state index is 1.59. The van der Waals surface area contributed by atoms with Gasteiger partial charge in [0, 0.05) is 16.7 Å². The summed E-state index contributed by atoms with van der Waals surface area (Å²) in [5, 5.41) is 16.9. The first-order chi connectivity index (χ1) is 15.3. The molecule has 0 saturated heterocycles. The van der Waals surface area contributed by atoms with E-state index in [1.165, 1.54) is 0 Å². The minimum atomic E-state index is -7.48. The van der Waals surface area contributed by atoms with E-state index in [0.717, 1.165) is 0 Å². The van der Waals surface area contributed by atoms with Crippen LogP contribution in [0, 0.1) is 0 Å². The van der Waals surface area contributed by atoms with Gasteiger partial charge in [-0.25, -0.2) is 0 Å². The average Bonchev–Trinajstić information content (AvgIpc) is 2.64. The van der Waals surface area contributed by atoms with Crippen molar-refractivity contribution in [2.75, 3.05) is 0 Å². The second-order valence-corrected chi connectivity index (χ2v) is 6.83. The van der Waals surface area contributed by atoms with Crippen molar-refractivity contribution in [2.24, 2.45) is 0 Å². The second kappa shape index (κ2) is 8.15. The normalized spacial score (nSPS) is 18.6. The lowest BCUT2D eigenvalue weighted by Gasteiger charge is -2.34. The predicted molar refractivity (Wildman–Crippen MR) is 73.4 cm³/mol. The molecule has 0 spiro atoms. The summed E-state index contributed by atoms with van der Waals surface area (Å²) in [6.45, 7) is 0. The Hall–Kier alpha value is -2.19. The lowest BCUT2D eigenvalue weighted by molar-refractivity contribution is -0.392. The zero-order valence-corrected chi connectivity index (χ0v) is 15.8. The van der Waals surface area contributed by atoms with E-state index in [0.29, 0.717) is 0 Å². The lowest BCUT2D eigenvalue weighted by Crippen LogP contribution is -2.55. The third-order valence-corrected chi connectivity index (χ3v) is 4.35. The SMILES string of the molecule is OC(F)(C(F)(F)F)C(F)(F)c1cc(C(F)(F)C(O)(F)C(F)(F)F)cc(C(F)(F)C(F)(F)C(F)(F)F)c1. The van der Waals surface area contributed by atoms with Crippen LogP contribution in [-0.4, -0.2) is 46.4 Å². The van der Waals surface area contributed by atoms with Crippen LogP contribution >= 0.6 is 0 Å². The highest BCUT2D eigenvalue weighted by Crippen LogP contribution is 2.56. The summed E-state index contributed by atoms with van der Waals surface area (Å²) < 4.78 is 249. The van der Waals surface area contributed by atoms with Gasteiger partial charge in [0.2, 0.25) is 0 Å². The summed E-state index contributed by atoms with van der Waals surface area (Å²) in [6.07, 6.45) is -21.8. The van der Waals surface area contributed by atoms with Crippen LogP contribution in [0.4, 0.5) is 83.4 Å². The first-order valence-electron chi connectivity index (χ1n) is 8.02. The minimum Gasteiger partial charge on any atom is -0.350 e. The van der Waals surface area contributed by atoms with Gasteiger partial charge in [0.25, 0.3) is 0 Å². The fourth-order valence-electron chi connectivity index (χ4n) is 2.27. The van der Waals surface area contributed by atoms with Crippen molar-refractivity contribution < 1.29 is 93.6 Å². The van der Waals surface area contributed by atoms with Gasteiger partial charge < -0.3 is 10.2 Å². The first kappa shape index (κ1) is 31.8. The van der Waals surface area contributed by atoms with Crippen molar-refractivity contribution in [3.05, 3.63) is 34.9 Å². The smallest absolute Gasteiger partial charge is 0.350 e. The van der Waals surface area contributed by atoms with E-state index < -0.39 is 88.8 Å². The molecule has 0 fully saturated rings. The molecule has 0 aliphatic heterocycles. The Morgan fingerprint density at radius 1 is 0.361 bits per heavy atom. The van der Waals surface area contributed by atoms with Crippen molar-refractivity contribution >= 4 is 0 Å². The monoisotopic (exact) mass is 578 g/mol. The van der Waals surface area contributed by atoms with E-state index in [1.54, 1.807) is 0 Å². The number of halogens is 19. The van der Waals surface area contributed by atoms with E-state index in [4.69, 9.17) is 10.2 Å². The summed E-state index contributed by atoms with van der Waals surface area (Å²) >= 11 is 0. The summed E-state index contributed by atoms with van der Waals surface area (Å²) in [7, 11) is 0. The number of benzene rings is 1. The third-order valence-electron chi connectivity index (χ3n) is 4.35. The van der Waals surface area contributed by atoms with E-state index in [2.05, 4.69) is 0 Å². The maximum absolute atomic E-state index is 14.0. The summed E-state index contributed by atoms with van der Waals surface area (Å²) in [4.78, 5) is 0. The highest BCUT2D eigenvalue weighted by atomic mass is 19.4. The molecular weight excluding hydrogens is 573 g/mol. The Kier molecular flexibility index (Phi) is 7.21. The quantitative estimate of drug-likeness (QED) is 0.374. The van der Waals surface area contributed by atoms with E-state index in [-0.39, 0.29) is 0 Å². The third kappa shape index (κ3) is 4.51. The molecule has 0 heterocycles. The molecule has 2 N–H and O–H groups in total. The van der Waals surface area contributed by atoms with Crippen LogP contribution in [0.1, 0.15) is 16.7 Å². The molecule has 0 radical (unpaired) electrons. The highest BCUT2D eigenvalue weighted by molar-refractivity contribution is 5.40. The zero-order valence-electron chi connectivity index (χ0n) is 15.8. The lowest BCUT2D eigenvalue weighted by atomic mass is 9.89. The van der Waals surface area contributed by atoms with Crippen molar-refractivity contribution in [1.82, 2.24) is 0 Å². The molecule has 2 atom stereocenters. The molecule has 1 aromatic carbocycles.